The molecule has 0 saturated heterocycles. The van der Waals surface area contributed by atoms with Crippen molar-refractivity contribution in [1.29, 1.82) is 0 Å². The molecule has 1 heterocycles. The SMILES string of the molecule is Cc1ccc(S(=O)(=O)NCc2ccno2)c(N)c1. The molecule has 1 aromatic carbocycles. The van der Waals surface area contributed by atoms with Crippen LogP contribution in [-0.2, 0) is 16.6 Å². The van der Waals surface area contributed by atoms with E-state index in [9.17, 15) is 8.42 Å². The number of aryl methyl sites for hydroxylation is 1. The lowest BCUT2D eigenvalue weighted by Gasteiger charge is -2.08. The van der Waals surface area contributed by atoms with Crippen LogP contribution in [0.3, 0.4) is 0 Å². The van der Waals surface area contributed by atoms with E-state index in [4.69, 9.17) is 10.3 Å². The van der Waals surface area contributed by atoms with Crippen LogP contribution in [0.25, 0.3) is 0 Å². The molecule has 0 spiro atoms. The highest BCUT2D eigenvalue weighted by atomic mass is 32.2. The van der Waals surface area contributed by atoms with Crippen molar-refractivity contribution in [2.24, 2.45) is 0 Å². The first-order valence-electron chi connectivity index (χ1n) is 5.24. The molecule has 0 aliphatic heterocycles. The molecule has 3 N–H and O–H groups in total. The van der Waals surface area contributed by atoms with Gasteiger partial charge in [-0.1, -0.05) is 11.2 Å². The predicted molar refractivity (Wildman–Crippen MR) is 66.1 cm³/mol. The molecular weight excluding hydrogens is 254 g/mol. The number of anilines is 1. The highest BCUT2D eigenvalue weighted by molar-refractivity contribution is 7.89. The van der Waals surface area contributed by atoms with Gasteiger partial charge in [-0.25, -0.2) is 13.1 Å². The third kappa shape index (κ3) is 2.69. The molecule has 0 bridgehead atoms. The topological polar surface area (TPSA) is 98.2 Å². The summed E-state index contributed by atoms with van der Waals surface area (Å²) in [6.07, 6.45) is 1.45. The minimum Gasteiger partial charge on any atom is -0.398 e. The number of aromatic nitrogens is 1. The van der Waals surface area contributed by atoms with Crippen molar-refractivity contribution in [2.45, 2.75) is 18.4 Å². The summed E-state index contributed by atoms with van der Waals surface area (Å²) in [6, 6.07) is 6.37. The molecule has 0 saturated carbocycles. The van der Waals surface area contributed by atoms with E-state index in [-0.39, 0.29) is 17.1 Å². The number of hydrogen-bond acceptors (Lipinski definition) is 5. The minimum absolute atomic E-state index is 0.0374. The normalized spacial score (nSPS) is 11.6. The van der Waals surface area contributed by atoms with Crippen LogP contribution < -0.4 is 10.5 Å². The number of nitrogens with two attached hydrogens (primary N) is 1. The van der Waals surface area contributed by atoms with E-state index in [2.05, 4.69) is 9.88 Å². The van der Waals surface area contributed by atoms with Gasteiger partial charge < -0.3 is 10.3 Å². The first-order chi connectivity index (χ1) is 8.49. The second kappa shape index (κ2) is 4.79. The van der Waals surface area contributed by atoms with Crippen molar-refractivity contribution in [3.05, 3.63) is 41.8 Å². The van der Waals surface area contributed by atoms with Crippen molar-refractivity contribution in [3.8, 4) is 0 Å². The largest absolute Gasteiger partial charge is 0.398 e. The second-order valence-electron chi connectivity index (χ2n) is 3.84. The van der Waals surface area contributed by atoms with E-state index in [1.165, 1.54) is 12.3 Å². The molecule has 1 aromatic heterocycles. The van der Waals surface area contributed by atoms with Crippen LogP contribution in [0.15, 0.2) is 39.9 Å². The Morgan fingerprint density at radius 2 is 2.17 bits per heavy atom. The fraction of sp³-hybridized carbons (Fsp3) is 0.182. The lowest BCUT2D eigenvalue weighted by molar-refractivity contribution is 0.380. The maximum Gasteiger partial charge on any atom is 0.243 e. The molecule has 6 nitrogen and oxygen atoms in total. The zero-order chi connectivity index (χ0) is 13.2. The number of nitrogen functional groups attached to an aromatic ring is 1. The first-order valence-corrected chi connectivity index (χ1v) is 6.73. The van der Waals surface area contributed by atoms with E-state index in [0.29, 0.717) is 5.76 Å². The molecular formula is C11H13N3O3S. The number of benzene rings is 1. The number of rotatable bonds is 4. The number of sulfonamides is 1. The van der Waals surface area contributed by atoms with Crippen LogP contribution in [0.4, 0.5) is 5.69 Å². The molecule has 0 aliphatic carbocycles. The fourth-order valence-corrected chi connectivity index (χ4v) is 2.59. The third-order valence-corrected chi connectivity index (χ3v) is 3.86. The average molecular weight is 267 g/mol. The van der Waals surface area contributed by atoms with Gasteiger partial charge in [0.25, 0.3) is 0 Å². The summed E-state index contributed by atoms with van der Waals surface area (Å²) in [7, 11) is -3.65. The molecule has 0 atom stereocenters. The molecule has 96 valence electrons. The highest BCUT2D eigenvalue weighted by Crippen LogP contribution is 2.19. The quantitative estimate of drug-likeness (QED) is 0.807. The lowest BCUT2D eigenvalue weighted by Crippen LogP contribution is -2.24. The van der Waals surface area contributed by atoms with E-state index < -0.39 is 10.0 Å². The van der Waals surface area contributed by atoms with E-state index >= 15 is 0 Å². The predicted octanol–water partition coefficient (Wildman–Crippen LogP) is 1.04. The molecule has 0 fully saturated rings. The molecule has 0 unspecified atom stereocenters. The van der Waals surface area contributed by atoms with Gasteiger partial charge in [0.1, 0.15) is 4.90 Å². The van der Waals surface area contributed by atoms with Crippen LogP contribution in [0.5, 0.6) is 0 Å². The molecule has 0 aliphatic rings. The zero-order valence-corrected chi connectivity index (χ0v) is 10.6. The van der Waals surface area contributed by atoms with Gasteiger partial charge in [-0.15, -0.1) is 0 Å². The Kier molecular flexibility index (Phi) is 3.35. The summed E-state index contributed by atoms with van der Waals surface area (Å²) in [5, 5.41) is 3.49. The van der Waals surface area contributed by atoms with Crippen LogP contribution in [0.1, 0.15) is 11.3 Å². The molecule has 2 rings (SSSR count). The van der Waals surface area contributed by atoms with E-state index in [1.54, 1.807) is 18.2 Å². The van der Waals surface area contributed by atoms with Crippen LogP contribution in [0.2, 0.25) is 0 Å². The van der Waals surface area contributed by atoms with Crippen LogP contribution in [0, 0.1) is 6.92 Å². The maximum atomic E-state index is 12.0. The number of nitrogens with zero attached hydrogens (tertiary/aromatic N) is 1. The minimum atomic E-state index is -3.65. The summed E-state index contributed by atoms with van der Waals surface area (Å²) in [6.45, 7) is 1.88. The highest BCUT2D eigenvalue weighted by Gasteiger charge is 2.17. The Morgan fingerprint density at radius 3 is 2.78 bits per heavy atom. The van der Waals surface area contributed by atoms with Crippen molar-refractivity contribution >= 4 is 15.7 Å². The van der Waals surface area contributed by atoms with Gasteiger partial charge in [0.05, 0.1) is 18.4 Å². The Morgan fingerprint density at radius 1 is 1.39 bits per heavy atom. The van der Waals surface area contributed by atoms with Gasteiger partial charge in [-0.3, -0.25) is 0 Å². The lowest BCUT2D eigenvalue weighted by atomic mass is 10.2. The Bertz CT molecular complexity index is 636. The maximum absolute atomic E-state index is 12.0. The Hall–Kier alpha value is -1.86. The summed E-state index contributed by atoms with van der Waals surface area (Å²) < 4.78 is 31.2. The monoisotopic (exact) mass is 267 g/mol. The average Bonchev–Trinajstić information content (AvgIpc) is 2.78. The van der Waals surface area contributed by atoms with Crippen molar-refractivity contribution in [1.82, 2.24) is 9.88 Å². The first kappa shape index (κ1) is 12.6. The standard InChI is InChI=1S/C11H13N3O3S/c1-8-2-3-11(10(12)6-8)18(15,16)14-7-9-4-5-13-17-9/h2-6,14H,7,12H2,1H3. The summed E-state index contributed by atoms with van der Waals surface area (Å²) in [5.41, 5.74) is 6.83. The molecule has 0 amide bonds. The summed E-state index contributed by atoms with van der Waals surface area (Å²) >= 11 is 0. The third-order valence-electron chi connectivity index (χ3n) is 2.38. The summed E-state index contributed by atoms with van der Waals surface area (Å²) in [5.74, 6) is 0.434. The van der Waals surface area contributed by atoms with E-state index in [0.717, 1.165) is 5.56 Å². The number of nitrogens with one attached hydrogen (secondary N) is 1. The summed E-state index contributed by atoms with van der Waals surface area (Å²) in [4.78, 5) is 0.0626. The van der Waals surface area contributed by atoms with Gasteiger partial charge >= 0.3 is 0 Å². The van der Waals surface area contributed by atoms with E-state index in [1.807, 2.05) is 6.92 Å². The molecule has 18 heavy (non-hydrogen) atoms. The fourth-order valence-electron chi connectivity index (χ4n) is 1.49. The van der Waals surface area contributed by atoms with Crippen molar-refractivity contribution < 1.29 is 12.9 Å². The van der Waals surface area contributed by atoms with Crippen LogP contribution in [-0.4, -0.2) is 13.6 Å². The smallest absolute Gasteiger partial charge is 0.243 e. The van der Waals surface area contributed by atoms with Crippen LogP contribution >= 0.6 is 0 Å². The van der Waals surface area contributed by atoms with Gasteiger partial charge in [0.15, 0.2) is 5.76 Å². The Balaban J connectivity index is 2.20. The zero-order valence-electron chi connectivity index (χ0n) is 9.75. The number of hydrogen-bond donors (Lipinski definition) is 2. The van der Waals surface area contributed by atoms with Gasteiger partial charge in [-0.05, 0) is 24.6 Å². The molecule has 0 radical (unpaired) electrons. The van der Waals surface area contributed by atoms with Gasteiger partial charge in [0.2, 0.25) is 10.0 Å². The molecule has 7 heteroatoms. The van der Waals surface area contributed by atoms with Crippen molar-refractivity contribution in [2.75, 3.05) is 5.73 Å². The molecule has 2 aromatic rings. The van der Waals surface area contributed by atoms with Gasteiger partial charge in [-0.2, -0.15) is 0 Å². The van der Waals surface area contributed by atoms with Crippen molar-refractivity contribution in [3.63, 3.8) is 0 Å². The van der Waals surface area contributed by atoms with Gasteiger partial charge in [0, 0.05) is 6.07 Å². The second-order valence-corrected chi connectivity index (χ2v) is 5.58. The Labute approximate surface area is 105 Å².